The van der Waals surface area contributed by atoms with E-state index < -0.39 is 11.4 Å². The third-order valence-electron chi connectivity index (χ3n) is 4.61. The molecule has 4 nitrogen and oxygen atoms in total. The molecule has 0 radical (unpaired) electrons. The number of aliphatic carboxylic acids is 1. The van der Waals surface area contributed by atoms with E-state index in [1.165, 1.54) is 0 Å². The molecule has 2 rings (SSSR count). The van der Waals surface area contributed by atoms with Gasteiger partial charge in [-0.3, -0.25) is 9.59 Å². The van der Waals surface area contributed by atoms with Crippen LogP contribution in [0.25, 0.3) is 0 Å². The fraction of sp³-hybridized carbons (Fsp3) is 0.529. The fourth-order valence-electron chi connectivity index (χ4n) is 3.00. The number of carbonyl (C=O) groups is 2. The predicted octanol–water partition coefficient (Wildman–Crippen LogP) is 3.40. The van der Waals surface area contributed by atoms with E-state index in [9.17, 15) is 9.59 Å². The Morgan fingerprint density at radius 1 is 1.24 bits per heavy atom. The summed E-state index contributed by atoms with van der Waals surface area (Å²) in [4.78, 5) is 23.4. The van der Waals surface area contributed by atoms with Gasteiger partial charge in [-0.1, -0.05) is 37.3 Å². The molecule has 0 saturated heterocycles. The Labute approximate surface area is 125 Å². The molecule has 0 heterocycles. The summed E-state index contributed by atoms with van der Waals surface area (Å²) in [6.07, 6.45) is 3.03. The first kappa shape index (κ1) is 15.5. The van der Waals surface area contributed by atoms with Gasteiger partial charge in [0.25, 0.3) is 0 Å². The Hall–Kier alpha value is -1.84. The van der Waals surface area contributed by atoms with Crippen molar-refractivity contribution in [2.45, 2.75) is 45.6 Å². The van der Waals surface area contributed by atoms with Crippen LogP contribution in [0.2, 0.25) is 0 Å². The van der Waals surface area contributed by atoms with Crippen molar-refractivity contribution in [1.82, 2.24) is 0 Å². The number of carboxylic acids is 1. The van der Waals surface area contributed by atoms with Gasteiger partial charge in [-0.15, -0.1) is 0 Å². The normalized spacial score (nSPS) is 25.3. The third kappa shape index (κ3) is 3.63. The molecular weight excluding hydrogens is 268 g/mol. The van der Waals surface area contributed by atoms with E-state index >= 15 is 0 Å². The summed E-state index contributed by atoms with van der Waals surface area (Å²) < 4.78 is 5.47. The Morgan fingerprint density at radius 2 is 1.86 bits per heavy atom. The average Bonchev–Trinajstić information content (AvgIpc) is 2.53. The molecular formula is C17H22O4. The van der Waals surface area contributed by atoms with E-state index in [1.807, 2.05) is 37.3 Å². The van der Waals surface area contributed by atoms with Crippen molar-refractivity contribution in [1.29, 1.82) is 0 Å². The molecule has 21 heavy (non-hydrogen) atoms. The van der Waals surface area contributed by atoms with Crippen molar-refractivity contribution < 1.29 is 19.4 Å². The third-order valence-corrected chi connectivity index (χ3v) is 4.61. The standard InChI is InChI=1S/C17H22O4/c1-2-17(10-8-14(9-11-17)15(18)19)16(20)21-12-13-6-4-3-5-7-13/h3-7,14H,2,8-12H2,1H3,(H,18,19)/t14-,17-. The summed E-state index contributed by atoms with van der Waals surface area (Å²) in [7, 11) is 0. The number of carboxylic acid groups (broad SMARTS) is 1. The smallest absolute Gasteiger partial charge is 0.312 e. The molecule has 0 atom stereocenters. The number of rotatable bonds is 5. The highest BCUT2D eigenvalue weighted by atomic mass is 16.5. The van der Waals surface area contributed by atoms with Gasteiger partial charge in [0.05, 0.1) is 11.3 Å². The van der Waals surface area contributed by atoms with Crippen molar-refractivity contribution in [2.24, 2.45) is 11.3 Å². The summed E-state index contributed by atoms with van der Waals surface area (Å²) in [6, 6.07) is 9.60. The van der Waals surface area contributed by atoms with E-state index in [-0.39, 0.29) is 18.5 Å². The number of carbonyl (C=O) groups excluding carboxylic acids is 1. The molecule has 4 heteroatoms. The second kappa shape index (κ2) is 6.74. The van der Waals surface area contributed by atoms with Crippen LogP contribution in [0.5, 0.6) is 0 Å². The lowest BCUT2D eigenvalue weighted by Gasteiger charge is -2.36. The van der Waals surface area contributed by atoms with Crippen molar-refractivity contribution in [3.05, 3.63) is 35.9 Å². The van der Waals surface area contributed by atoms with Crippen molar-refractivity contribution in [3.63, 3.8) is 0 Å². The molecule has 0 amide bonds. The van der Waals surface area contributed by atoms with Gasteiger partial charge in [0, 0.05) is 0 Å². The molecule has 0 aromatic heterocycles. The van der Waals surface area contributed by atoms with Gasteiger partial charge in [0.2, 0.25) is 0 Å². The topological polar surface area (TPSA) is 63.6 Å². The number of ether oxygens (including phenoxy) is 1. The maximum Gasteiger partial charge on any atom is 0.312 e. The minimum Gasteiger partial charge on any atom is -0.481 e. The van der Waals surface area contributed by atoms with Crippen LogP contribution in [0.15, 0.2) is 30.3 Å². The number of benzene rings is 1. The lowest BCUT2D eigenvalue weighted by Crippen LogP contribution is -2.37. The largest absolute Gasteiger partial charge is 0.481 e. The highest BCUT2D eigenvalue weighted by Crippen LogP contribution is 2.42. The van der Waals surface area contributed by atoms with Crippen LogP contribution in [0, 0.1) is 11.3 Å². The Balaban J connectivity index is 1.94. The van der Waals surface area contributed by atoms with Crippen LogP contribution in [0.4, 0.5) is 0 Å². The van der Waals surface area contributed by atoms with E-state index in [2.05, 4.69) is 0 Å². The van der Waals surface area contributed by atoms with Gasteiger partial charge in [-0.05, 0) is 37.7 Å². The van der Waals surface area contributed by atoms with Crippen molar-refractivity contribution in [3.8, 4) is 0 Å². The zero-order chi connectivity index (χ0) is 15.3. The van der Waals surface area contributed by atoms with E-state index in [1.54, 1.807) is 0 Å². The monoisotopic (exact) mass is 290 g/mol. The molecule has 1 aromatic rings. The Kier molecular flexibility index (Phi) is 4.99. The SMILES string of the molecule is CC[C@]1(C(=O)OCc2ccccc2)CC[C@H](C(=O)O)CC1. The maximum absolute atomic E-state index is 12.4. The summed E-state index contributed by atoms with van der Waals surface area (Å²) in [5, 5.41) is 9.06. The van der Waals surface area contributed by atoms with E-state index in [4.69, 9.17) is 9.84 Å². The molecule has 1 N–H and O–H groups in total. The summed E-state index contributed by atoms with van der Waals surface area (Å²) in [5.41, 5.74) is 0.470. The summed E-state index contributed by atoms with van der Waals surface area (Å²) in [5.74, 6) is -1.25. The second-order valence-electron chi connectivity index (χ2n) is 5.81. The number of hydrogen-bond acceptors (Lipinski definition) is 3. The first-order valence-corrected chi connectivity index (χ1v) is 7.51. The highest BCUT2D eigenvalue weighted by Gasteiger charge is 2.43. The van der Waals surface area contributed by atoms with Gasteiger partial charge in [-0.2, -0.15) is 0 Å². The fourth-order valence-corrected chi connectivity index (χ4v) is 3.00. The molecule has 1 aliphatic rings. The number of hydrogen-bond donors (Lipinski definition) is 1. The van der Waals surface area contributed by atoms with Crippen LogP contribution < -0.4 is 0 Å². The first-order chi connectivity index (χ1) is 10.1. The van der Waals surface area contributed by atoms with E-state index in [0.29, 0.717) is 32.1 Å². The van der Waals surface area contributed by atoms with Gasteiger partial charge < -0.3 is 9.84 Å². The molecule has 1 aromatic carbocycles. The quantitative estimate of drug-likeness (QED) is 0.844. The molecule has 0 unspecified atom stereocenters. The van der Waals surface area contributed by atoms with Gasteiger partial charge >= 0.3 is 11.9 Å². The Morgan fingerprint density at radius 3 is 2.38 bits per heavy atom. The molecule has 1 fully saturated rings. The molecule has 0 aliphatic heterocycles. The lowest BCUT2D eigenvalue weighted by atomic mass is 9.69. The van der Waals surface area contributed by atoms with Crippen LogP contribution in [0.3, 0.4) is 0 Å². The Bertz CT molecular complexity index is 487. The van der Waals surface area contributed by atoms with Crippen molar-refractivity contribution >= 4 is 11.9 Å². The van der Waals surface area contributed by atoms with Crippen LogP contribution >= 0.6 is 0 Å². The zero-order valence-corrected chi connectivity index (χ0v) is 12.4. The second-order valence-corrected chi connectivity index (χ2v) is 5.81. The molecule has 1 saturated carbocycles. The average molecular weight is 290 g/mol. The van der Waals surface area contributed by atoms with Crippen LogP contribution in [-0.4, -0.2) is 17.0 Å². The summed E-state index contributed by atoms with van der Waals surface area (Å²) in [6.45, 7) is 2.26. The minimum atomic E-state index is -0.752. The maximum atomic E-state index is 12.4. The first-order valence-electron chi connectivity index (χ1n) is 7.51. The molecule has 0 bridgehead atoms. The van der Waals surface area contributed by atoms with E-state index in [0.717, 1.165) is 5.56 Å². The molecule has 114 valence electrons. The number of esters is 1. The van der Waals surface area contributed by atoms with Crippen LogP contribution in [0.1, 0.15) is 44.6 Å². The predicted molar refractivity (Wildman–Crippen MR) is 78.6 cm³/mol. The van der Waals surface area contributed by atoms with Crippen LogP contribution in [-0.2, 0) is 20.9 Å². The highest BCUT2D eigenvalue weighted by molar-refractivity contribution is 5.78. The zero-order valence-electron chi connectivity index (χ0n) is 12.4. The van der Waals surface area contributed by atoms with Gasteiger partial charge in [0.15, 0.2) is 0 Å². The molecule has 1 aliphatic carbocycles. The van der Waals surface area contributed by atoms with Crippen molar-refractivity contribution in [2.75, 3.05) is 0 Å². The molecule has 0 spiro atoms. The van der Waals surface area contributed by atoms with Gasteiger partial charge in [0.1, 0.15) is 6.61 Å². The lowest BCUT2D eigenvalue weighted by molar-refractivity contribution is -0.162. The van der Waals surface area contributed by atoms with Gasteiger partial charge in [-0.25, -0.2) is 0 Å². The minimum absolute atomic E-state index is 0.183. The summed E-state index contributed by atoms with van der Waals surface area (Å²) >= 11 is 0.